The van der Waals surface area contributed by atoms with E-state index < -0.39 is 27.4 Å². The monoisotopic (exact) mass is 208 g/mol. The fourth-order valence-corrected chi connectivity index (χ4v) is 0.718. The fraction of sp³-hybridized carbons (Fsp3) is 0.500. The van der Waals surface area contributed by atoms with E-state index in [0.717, 1.165) is 0 Å². The summed E-state index contributed by atoms with van der Waals surface area (Å²) < 4.78 is 75.3. The molecule has 0 spiro atoms. The van der Waals surface area contributed by atoms with Crippen LogP contribution in [0.3, 0.4) is 0 Å². The highest BCUT2D eigenvalue weighted by atomic mass is 32.2. The summed E-state index contributed by atoms with van der Waals surface area (Å²) in [7, 11) is -6.13. The van der Waals surface area contributed by atoms with E-state index in [9.17, 15) is 26.0 Å². The lowest BCUT2D eigenvalue weighted by Gasteiger charge is -2.19. The van der Waals surface area contributed by atoms with Crippen LogP contribution in [0.25, 0.3) is 0 Å². The number of hydrogen-bond acceptors (Lipinski definition) is 2. The van der Waals surface area contributed by atoms with Crippen LogP contribution in [0.15, 0.2) is 12.7 Å². The molecule has 0 aliphatic carbocycles. The third-order valence-corrected chi connectivity index (χ3v) is 1.89. The van der Waals surface area contributed by atoms with E-state index in [1.54, 1.807) is 0 Å². The quantitative estimate of drug-likeness (QED) is 0.432. The van der Waals surface area contributed by atoms with Gasteiger partial charge in [0.25, 0.3) is 0 Å². The maximum absolute atomic E-state index is 12.0. The van der Waals surface area contributed by atoms with Gasteiger partial charge in [0.2, 0.25) is 0 Å². The van der Waals surface area contributed by atoms with Crippen molar-refractivity contribution < 1.29 is 30.5 Å². The SMILES string of the molecule is C=CC(F)(F)C(F)(F)S(=O)(=O)O. The highest BCUT2D eigenvalue weighted by Gasteiger charge is 2.63. The molecule has 0 saturated carbocycles. The zero-order valence-electron chi connectivity index (χ0n) is 5.47. The molecule has 3 nitrogen and oxygen atoms in total. The molecule has 0 unspecified atom stereocenters. The molecule has 0 aliphatic heterocycles. The van der Waals surface area contributed by atoms with E-state index in [-0.39, 0.29) is 0 Å². The molecule has 0 saturated heterocycles. The van der Waals surface area contributed by atoms with E-state index in [0.29, 0.717) is 0 Å². The molecule has 72 valence electrons. The molecule has 0 heterocycles. The number of rotatable bonds is 3. The Hall–Kier alpha value is -0.630. The van der Waals surface area contributed by atoms with Crippen molar-refractivity contribution >= 4 is 10.1 Å². The molecule has 0 aromatic rings. The highest BCUT2D eigenvalue weighted by Crippen LogP contribution is 2.38. The number of allylic oxidation sites excluding steroid dienone is 1. The Morgan fingerprint density at radius 2 is 1.58 bits per heavy atom. The summed E-state index contributed by atoms with van der Waals surface area (Å²) in [5.74, 6) is -4.99. The van der Waals surface area contributed by atoms with Crippen LogP contribution >= 0.6 is 0 Å². The molecule has 0 bridgehead atoms. The van der Waals surface area contributed by atoms with Crippen molar-refractivity contribution in [1.29, 1.82) is 0 Å². The minimum absolute atomic E-state index is 0.555. The second-order valence-electron chi connectivity index (χ2n) is 1.82. The molecule has 0 aliphatic rings. The zero-order valence-corrected chi connectivity index (χ0v) is 6.28. The minimum Gasteiger partial charge on any atom is -0.281 e. The molecule has 0 fully saturated rings. The predicted octanol–water partition coefficient (Wildman–Crippen LogP) is 1.29. The van der Waals surface area contributed by atoms with Crippen LogP contribution in [0.5, 0.6) is 0 Å². The predicted molar refractivity (Wildman–Crippen MR) is 31.6 cm³/mol. The van der Waals surface area contributed by atoms with Gasteiger partial charge in [-0.15, -0.1) is 0 Å². The molecule has 0 aromatic carbocycles. The first-order valence-electron chi connectivity index (χ1n) is 2.42. The normalized spacial score (nSPS) is 14.4. The van der Waals surface area contributed by atoms with E-state index in [2.05, 4.69) is 6.58 Å². The Kier molecular flexibility index (Phi) is 2.56. The topological polar surface area (TPSA) is 54.4 Å². The third kappa shape index (κ3) is 1.58. The molecular weight excluding hydrogens is 204 g/mol. The average Bonchev–Trinajstić information content (AvgIpc) is 1.85. The number of alkyl halides is 4. The second-order valence-corrected chi connectivity index (χ2v) is 3.28. The number of halogens is 4. The Bertz CT molecular complexity index is 281. The van der Waals surface area contributed by atoms with Gasteiger partial charge in [0.15, 0.2) is 0 Å². The van der Waals surface area contributed by atoms with Crippen LogP contribution in [0.2, 0.25) is 0 Å². The van der Waals surface area contributed by atoms with Gasteiger partial charge in [-0.3, -0.25) is 4.55 Å². The summed E-state index contributed by atoms with van der Waals surface area (Å²) in [4.78, 5) is 0. The molecule has 0 amide bonds. The Balaban J connectivity index is 5.27. The smallest absolute Gasteiger partial charge is 0.281 e. The van der Waals surface area contributed by atoms with Crippen LogP contribution in [0.4, 0.5) is 17.6 Å². The summed E-state index contributed by atoms with van der Waals surface area (Å²) in [6.45, 7) is 2.31. The van der Waals surface area contributed by atoms with Gasteiger partial charge in [-0.25, -0.2) is 0 Å². The molecule has 1 N–H and O–H groups in total. The van der Waals surface area contributed by atoms with Gasteiger partial charge in [0, 0.05) is 0 Å². The van der Waals surface area contributed by atoms with Gasteiger partial charge in [0.1, 0.15) is 0 Å². The Morgan fingerprint density at radius 1 is 1.25 bits per heavy atom. The third-order valence-electron chi connectivity index (χ3n) is 0.968. The average molecular weight is 208 g/mol. The Morgan fingerprint density at radius 3 is 1.67 bits per heavy atom. The zero-order chi connectivity index (χ0) is 10.2. The molecule has 0 atom stereocenters. The summed E-state index contributed by atoms with van der Waals surface area (Å²) in [6.07, 6.45) is -0.555. The van der Waals surface area contributed by atoms with Gasteiger partial charge in [-0.1, -0.05) is 6.58 Å². The molecule has 0 aromatic heterocycles. The van der Waals surface area contributed by atoms with Gasteiger partial charge in [-0.05, 0) is 6.08 Å². The highest BCUT2D eigenvalue weighted by molar-refractivity contribution is 7.87. The van der Waals surface area contributed by atoms with Gasteiger partial charge < -0.3 is 0 Å². The van der Waals surface area contributed by atoms with E-state index >= 15 is 0 Å². The lowest BCUT2D eigenvalue weighted by atomic mass is 10.3. The van der Waals surface area contributed by atoms with Crippen molar-refractivity contribution in [2.24, 2.45) is 0 Å². The maximum Gasteiger partial charge on any atom is 0.435 e. The first-order chi connectivity index (χ1) is 5.06. The molecule has 0 rings (SSSR count). The summed E-state index contributed by atoms with van der Waals surface area (Å²) in [6, 6.07) is 0. The van der Waals surface area contributed by atoms with E-state index in [4.69, 9.17) is 4.55 Å². The largest absolute Gasteiger partial charge is 0.435 e. The summed E-state index contributed by atoms with van der Waals surface area (Å²) >= 11 is 0. The lowest BCUT2D eigenvalue weighted by Crippen LogP contribution is -2.45. The van der Waals surface area contributed by atoms with Crippen molar-refractivity contribution in [3.05, 3.63) is 12.7 Å². The van der Waals surface area contributed by atoms with E-state index in [1.807, 2.05) is 0 Å². The van der Waals surface area contributed by atoms with Crippen LogP contribution in [-0.2, 0) is 10.1 Å². The van der Waals surface area contributed by atoms with Crippen molar-refractivity contribution in [1.82, 2.24) is 0 Å². The first-order valence-corrected chi connectivity index (χ1v) is 3.86. The van der Waals surface area contributed by atoms with Crippen LogP contribution in [-0.4, -0.2) is 24.1 Å². The fourth-order valence-electron chi connectivity index (χ4n) is 0.291. The molecule has 0 radical (unpaired) electrons. The van der Waals surface area contributed by atoms with E-state index in [1.165, 1.54) is 0 Å². The van der Waals surface area contributed by atoms with Gasteiger partial charge in [-0.2, -0.15) is 26.0 Å². The van der Waals surface area contributed by atoms with Crippen molar-refractivity contribution in [3.8, 4) is 0 Å². The number of hydrogen-bond donors (Lipinski definition) is 1. The standard InChI is InChI=1S/C4H4F4O3S/c1-2-3(5,6)4(7,8)12(9,10)11/h2H,1H2,(H,9,10,11). The summed E-state index contributed by atoms with van der Waals surface area (Å²) in [5, 5.41) is -5.54. The van der Waals surface area contributed by atoms with Gasteiger partial charge in [0.05, 0.1) is 0 Å². The van der Waals surface area contributed by atoms with Crippen LogP contribution in [0, 0.1) is 0 Å². The van der Waals surface area contributed by atoms with Gasteiger partial charge >= 0.3 is 21.3 Å². The van der Waals surface area contributed by atoms with Crippen molar-refractivity contribution in [2.75, 3.05) is 0 Å². The summed E-state index contributed by atoms with van der Waals surface area (Å²) in [5.41, 5.74) is 0. The maximum atomic E-state index is 12.0. The van der Waals surface area contributed by atoms with Crippen LogP contribution in [0.1, 0.15) is 0 Å². The molecule has 12 heavy (non-hydrogen) atoms. The second kappa shape index (κ2) is 2.70. The molecular formula is C4H4F4O3S. The lowest BCUT2D eigenvalue weighted by molar-refractivity contribution is -0.126. The van der Waals surface area contributed by atoms with Crippen molar-refractivity contribution in [3.63, 3.8) is 0 Å². The Labute approximate surface area is 65.4 Å². The minimum atomic E-state index is -6.13. The van der Waals surface area contributed by atoms with Crippen LogP contribution < -0.4 is 0 Å². The van der Waals surface area contributed by atoms with Crippen molar-refractivity contribution in [2.45, 2.75) is 11.2 Å². The first kappa shape index (κ1) is 11.4. The molecule has 8 heteroatoms.